The second-order valence-electron chi connectivity index (χ2n) is 3.29. The normalized spacial score (nSPS) is 12.4. The van der Waals surface area contributed by atoms with E-state index in [4.69, 9.17) is 0 Å². The molecule has 0 amide bonds. The molecule has 0 radical (unpaired) electrons. The van der Waals surface area contributed by atoms with Gasteiger partial charge < -0.3 is 0 Å². The van der Waals surface area contributed by atoms with E-state index in [0.717, 1.165) is 11.1 Å². The quantitative estimate of drug-likeness (QED) is 0.571. The van der Waals surface area contributed by atoms with Crippen LogP contribution >= 0.6 is 22.6 Å². The number of halogens is 2. The SMILES string of the molecule is Fc1ccccc1C(I)c1ccccc1. The molecule has 0 aliphatic carbocycles. The van der Waals surface area contributed by atoms with E-state index in [1.165, 1.54) is 6.07 Å². The minimum absolute atomic E-state index is 0.0741. The van der Waals surface area contributed by atoms with Gasteiger partial charge in [-0.2, -0.15) is 0 Å². The standard InChI is InChI=1S/C13H10FI/c14-12-9-5-4-8-11(12)13(15)10-6-2-1-3-7-10/h1-9,13H. The van der Waals surface area contributed by atoms with Crippen LogP contribution in [-0.2, 0) is 0 Å². The Labute approximate surface area is 102 Å². The minimum atomic E-state index is -0.138. The van der Waals surface area contributed by atoms with E-state index in [9.17, 15) is 4.39 Å². The zero-order valence-corrected chi connectivity index (χ0v) is 10.2. The third-order valence-electron chi connectivity index (χ3n) is 2.27. The fourth-order valence-corrected chi connectivity index (χ4v) is 2.40. The molecule has 76 valence electrons. The summed E-state index contributed by atoms with van der Waals surface area (Å²) in [5.74, 6) is -0.138. The first-order chi connectivity index (χ1) is 7.29. The third-order valence-corrected chi connectivity index (χ3v) is 3.66. The fourth-order valence-electron chi connectivity index (χ4n) is 1.48. The lowest BCUT2D eigenvalue weighted by Crippen LogP contribution is -1.95. The van der Waals surface area contributed by atoms with Gasteiger partial charge in [0.15, 0.2) is 0 Å². The van der Waals surface area contributed by atoms with Gasteiger partial charge in [-0.15, -0.1) is 0 Å². The highest BCUT2D eigenvalue weighted by atomic mass is 127. The van der Waals surface area contributed by atoms with Gasteiger partial charge in [0.2, 0.25) is 0 Å². The van der Waals surface area contributed by atoms with Crippen molar-refractivity contribution in [1.82, 2.24) is 0 Å². The van der Waals surface area contributed by atoms with E-state index < -0.39 is 0 Å². The molecule has 0 aromatic heterocycles. The number of benzene rings is 2. The zero-order chi connectivity index (χ0) is 10.7. The molecular formula is C13H10FI. The van der Waals surface area contributed by atoms with Gasteiger partial charge in [0.05, 0.1) is 3.92 Å². The van der Waals surface area contributed by atoms with Gasteiger partial charge in [-0.05, 0) is 11.6 Å². The van der Waals surface area contributed by atoms with Crippen LogP contribution in [0.25, 0.3) is 0 Å². The number of alkyl halides is 1. The van der Waals surface area contributed by atoms with Gasteiger partial charge in [0.25, 0.3) is 0 Å². The van der Waals surface area contributed by atoms with Gasteiger partial charge in [-0.1, -0.05) is 71.1 Å². The predicted molar refractivity (Wildman–Crippen MR) is 68.7 cm³/mol. The predicted octanol–water partition coefficient (Wildman–Crippen LogP) is 4.35. The molecule has 1 unspecified atom stereocenters. The lowest BCUT2D eigenvalue weighted by molar-refractivity contribution is 0.614. The summed E-state index contributed by atoms with van der Waals surface area (Å²) < 4.78 is 13.6. The summed E-state index contributed by atoms with van der Waals surface area (Å²) in [4.78, 5) is 0. The minimum Gasteiger partial charge on any atom is -0.207 e. The van der Waals surface area contributed by atoms with Crippen molar-refractivity contribution in [3.05, 3.63) is 71.5 Å². The zero-order valence-electron chi connectivity index (χ0n) is 8.03. The van der Waals surface area contributed by atoms with E-state index in [0.29, 0.717) is 0 Å². The molecule has 15 heavy (non-hydrogen) atoms. The second-order valence-corrected chi connectivity index (χ2v) is 4.54. The van der Waals surface area contributed by atoms with E-state index in [2.05, 4.69) is 22.6 Å². The summed E-state index contributed by atoms with van der Waals surface area (Å²) in [6, 6.07) is 16.9. The summed E-state index contributed by atoms with van der Waals surface area (Å²) in [6.07, 6.45) is 0. The Hall–Kier alpha value is -0.900. The summed E-state index contributed by atoms with van der Waals surface area (Å²) in [5.41, 5.74) is 1.87. The van der Waals surface area contributed by atoms with Crippen molar-refractivity contribution in [2.24, 2.45) is 0 Å². The number of hydrogen-bond acceptors (Lipinski definition) is 0. The van der Waals surface area contributed by atoms with Gasteiger partial charge in [0, 0.05) is 5.56 Å². The van der Waals surface area contributed by atoms with Gasteiger partial charge in [-0.3, -0.25) is 0 Å². The molecule has 0 spiro atoms. The summed E-state index contributed by atoms with van der Waals surface area (Å²) in [7, 11) is 0. The third kappa shape index (κ3) is 2.37. The van der Waals surface area contributed by atoms with Crippen LogP contribution in [-0.4, -0.2) is 0 Å². The van der Waals surface area contributed by atoms with Crippen molar-refractivity contribution in [2.75, 3.05) is 0 Å². The lowest BCUT2D eigenvalue weighted by atomic mass is 10.0. The molecule has 2 aromatic carbocycles. The molecule has 0 N–H and O–H groups in total. The van der Waals surface area contributed by atoms with Crippen LogP contribution in [0.3, 0.4) is 0 Å². The van der Waals surface area contributed by atoms with Crippen LogP contribution < -0.4 is 0 Å². The Bertz CT molecular complexity index is 439. The van der Waals surface area contributed by atoms with Gasteiger partial charge >= 0.3 is 0 Å². The molecule has 2 heteroatoms. The van der Waals surface area contributed by atoms with Gasteiger partial charge in [-0.25, -0.2) is 4.39 Å². The van der Waals surface area contributed by atoms with Crippen molar-refractivity contribution in [2.45, 2.75) is 3.92 Å². The van der Waals surface area contributed by atoms with Crippen molar-refractivity contribution >= 4 is 22.6 Å². The first-order valence-electron chi connectivity index (χ1n) is 4.72. The first kappa shape index (κ1) is 10.6. The van der Waals surface area contributed by atoms with Crippen molar-refractivity contribution in [1.29, 1.82) is 0 Å². The molecule has 0 saturated heterocycles. The van der Waals surface area contributed by atoms with Crippen LogP contribution in [0, 0.1) is 5.82 Å². The van der Waals surface area contributed by atoms with Crippen molar-refractivity contribution < 1.29 is 4.39 Å². The molecule has 0 aliphatic rings. The monoisotopic (exact) mass is 312 g/mol. The highest BCUT2D eigenvalue weighted by molar-refractivity contribution is 14.1. The average molecular weight is 312 g/mol. The molecule has 0 saturated carbocycles. The molecule has 0 fully saturated rings. The molecule has 0 heterocycles. The topological polar surface area (TPSA) is 0 Å². The van der Waals surface area contributed by atoms with Gasteiger partial charge in [0.1, 0.15) is 5.82 Å². The maximum Gasteiger partial charge on any atom is 0.127 e. The smallest absolute Gasteiger partial charge is 0.127 e. The van der Waals surface area contributed by atoms with E-state index in [-0.39, 0.29) is 9.74 Å². The van der Waals surface area contributed by atoms with E-state index in [1.54, 1.807) is 6.07 Å². The summed E-state index contributed by atoms with van der Waals surface area (Å²) >= 11 is 2.26. The Kier molecular flexibility index (Phi) is 3.36. The van der Waals surface area contributed by atoms with Crippen LogP contribution in [0.1, 0.15) is 15.1 Å². The Balaban J connectivity index is 2.37. The van der Waals surface area contributed by atoms with Crippen LogP contribution in [0.5, 0.6) is 0 Å². The molecule has 0 aliphatic heterocycles. The van der Waals surface area contributed by atoms with E-state index in [1.807, 2.05) is 42.5 Å². The van der Waals surface area contributed by atoms with Crippen LogP contribution in [0.2, 0.25) is 0 Å². The molecule has 1 atom stereocenters. The van der Waals surface area contributed by atoms with Crippen molar-refractivity contribution in [3.8, 4) is 0 Å². The van der Waals surface area contributed by atoms with Crippen LogP contribution in [0.4, 0.5) is 4.39 Å². The Morgan fingerprint density at radius 2 is 1.47 bits per heavy atom. The first-order valence-corrected chi connectivity index (χ1v) is 5.97. The highest BCUT2D eigenvalue weighted by Crippen LogP contribution is 2.32. The molecule has 0 nitrogen and oxygen atoms in total. The largest absolute Gasteiger partial charge is 0.207 e. The maximum absolute atomic E-state index is 13.5. The molecule has 0 bridgehead atoms. The fraction of sp³-hybridized carbons (Fsp3) is 0.0769. The summed E-state index contributed by atoms with van der Waals surface area (Å²) in [5, 5.41) is 0. The van der Waals surface area contributed by atoms with Crippen molar-refractivity contribution in [3.63, 3.8) is 0 Å². The molecular weight excluding hydrogens is 302 g/mol. The molecule has 2 rings (SSSR count). The lowest BCUT2D eigenvalue weighted by Gasteiger charge is -2.11. The van der Waals surface area contributed by atoms with E-state index >= 15 is 0 Å². The average Bonchev–Trinajstić information content (AvgIpc) is 2.30. The molecule has 2 aromatic rings. The number of rotatable bonds is 2. The van der Waals surface area contributed by atoms with Crippen LogP contribution in [0.15, 0.2) is 54.6 Å². The Morgan fingerprint density at radius 1 is 0.867 bits per heavy atom. The highest BCUT2D eigenvalue weighted by Gasteiger charge is 2.13. The Morgan fingerprint density at radius 3 is 2.13 bits per heavy atom. The second kappa shape index (κ2) is 4.75. The maximum atomic E-state index is 13.5. The summed E-state index contributed by atoms with van der Waals surface area (Å²) in [6.45, 7) is 0. The number of hydrogen-bond donors (Lipinski definition) is 0.